The molecule has 6 nitrogen and oxygen atoms in total. The Morgan fingerprint density at radius 2 is 2.16 bits per heavy atom. The summed E-state index contributed by atoms with van der Waals surface area (Å²) >= 11 is 0. The van der Waals surface area contributed by atoms with Crippen LogP contribution in [0.25, 0.3) is 0 Å². The highest BCUT2D eigenvalue weighted by Gasteiger charge is 2.26. The van der Waals surface area contributed by atoms with Gasteiger partial charge in [0.05, 0.1) is 6.10 Å². The molecule has 1 aliphatic rings. The van der Waals surface area contributed by atoms with Crippen LogP contribution >= 0.6 is 0 Å². The molecule has 2 aromatic rings. The van der Waals surface area contributed by atoms with E-state index in [1.165, 1.54) is 12.1 Å². The lowest BCUT2D eigenvalue weighted by Crippen LogP contribution is -2.43. The van der Waals surface area contributed by atoms with E-state index >= 15 is 0 Å². The van der Waals surface area contributed by atoms with Crippen LogP contribution in [0.1, 0.15) is 29.1 Å². The van der Waals surface area contributed by atoms with E-state index in [0.29, 0.717) is 13.1 Å². The molecule has 1 saturated heterocycles. The third kappa shape index (κ3) is 3.96. The monoisotopic (exact) mass is 352 g/mol. The third-order valence-electron chi connectivity index (χ3n) is 4.05. The van der Waals surface area contributed by atoms with Crippen molar-refractivity contribution in [1.29, 1.82) is 0 Å². The number of rotatable bonds is 5. The molecule has 3 rings (SSSR count). The summed E-state index contributed by atoms with van der Waals surface area (Å²) in [4.78, 5) is 14.1. The summed E-state index contributed by atoms with van der Waals surface area (Å²) in [5, 5.41) is 3.72. The van der Waals surface area contributed by atoms with Crippen molar-refractivity contribution in [3.63, 3.8) is 0 Å². The first-order valence-electron chi connectivity index (χ1n) is 7.93. The van der Waals surface area contributed by atoms with Gasteiger partial charge in [-0.25, -0.2) is 8.78 Å². The topological polar surface area (TPSA) is 64.8 Å². The van der Waals surface area contributed by atoms with Gasteiger partial charge in [-0.05, 0) is 25.0 Å². The fraction of sp³-hybridized carbons (Fsp3) is 0.412. The average molecular weight is 352 g/mol. The highest BCUT2D eigenvalue weighted by atomic mass is 19.1. The Hall–Kier alpha value is -2.48. The molecule has 0 radical (unpaired) electrons. The van der Waals surface area contributed by atoms with Crippen molar-refractivity contribution in [2.24, 2.45) is 0 Å². The molecular weight excluding hydrogens is 334 g/mol. The Balaban J connectivity index is 1.63. The largest absolute Gasteiger partial charge is 0.479 e. The van der Waals surface area contributed by atoms with Gasteiger partial charge in [-0.15, -0.1) is 0 Å². The number of methoxy groups -OCH3 is 1. The Morgan fingerprint density at radius 3 is 2.88 bits per heavy atom. The lowest BCUT2D eigenvalue weighted by molar-refractivity contribution is 0.0263. The fourth-order valence-electron chi connectivity index (χ4n) is 2.72. The van der Waals surface area contributed by atoms with Gasteiger partial charge in [-0.2, -0.15) is 0 Å². The quantitative estimate of drug-likeness (QED) is 0.828. The number of carbonyl (C=O) groups is 1. The van der Waals surface area contributed by atoms with Gasteiger partial charge in [0.2, 0.25) is 0 Å². The molecule has 1 amide bonds. The van der Waals surface area contributed by atoms with Crippen LogP contribution in [0.15, 0.2) is 28.8 Å². The molecule has 25 heavy (non-hydrogen) atoms. The highest BCUT2D eigenvalue weighted by Crippen LogP contribution is 2.22. The number of nitrogens with zero attached hydrogens (tertiary/aromatic N) is 2. The van der Waals surface area contributed by atoms with E-state index in [-0.39, 0.29) is 30.1 Å². The van der Waals surface area contributed by atoms with Crippen molar-refractivity contribution in [3.05, 3.63) is 47.4 Å². The zero-order valence-electron chi connectivity index (χ0n) is 13.7. The zero-order valence-corrected chi connectivity index (χ0v) is 13.7. The number of piperidine rings is 1. The van der Waals surface area contributed by atoms with Gasteiger partial charge in [0.25, 0.3) is 5.91 Å². The molecule has 134 valence electrons. The molecule has 1 aromatic heterocycles. The fourth-order valence-corrected chi connectivity index (χ4v) is 2.72. The Bertz CT molecular complexity index is 730. The van der Waals surface area contributed by atoms with E-state index in [9.17, 15) is 13.6 Å². The van der Waals surface area contributed by atoms with Crippen LogP contribution in [0.4, 0.5) is 8.78 Å². The number of aromatic nitrogens is 1. The number of carbonyl (C=O) groups excluding carboxylic acids is 1. The SMILES string of the molecule is CO[C@@H]1CCCN(C(=O)c2cc(COc3c(F)cccc3F)on2)C1. The van der Waals surface area contributed by atoms with Crippen molar-refractivity contribution >= 4 is 5.91 Å². The highest BCUT2D eigenvalue weighted by molar-refractivity contribution is 5.92. The normalized spacial score (nSPS) is 17.6. The first-order chi connectivity index (χ1) is 12.1. The third-order valence-corrected chi connectivity index (χ3v) is 4.05. The summed E-state index contributed by atoms with van der Waals surface area (Å²) in [5.74, 6) is -2.18. The van der Waals surface area contributed by atoms with Crippen molar-refractivity contribution in [1.82, 2.24) is 10.1 Å². The molecule has 0 unspecified atom stereocenters. The summed E-state index contributed by atoms with van der Waals surface area (Å²) in [6, 6.07) is 4.85. The number of benzene rings is 1. The second-order valence-electron chi connectivity index (χ2n) is 5.77. The molecule has 0 saturated carbocycles. The number of hydrogen-bond donors (Lipinski definition) is 0. The molecule has 0 aliphatic carbocycles. The summed E-state index contributed by atoms with van der Waals surface area (Å²) in [6.45, 7) is 0.880. The van der Waals surface area contributed by atoms with Crippen LogP contribution in [0, 0.1) is 11.6 Å². The van der Waals surface area contributed by atoms with E-state index in [1.807, 2.05) is 0 Å². The van der Waals surface area contributed by atoms with E-state index < -0.39 is 17.4 Å². The van der Waals surface area contributed by atoms with E-state index in [2.05, 4.69) is 5.16 Å². The maximum absolute atomic E-state index is 13.5. The minimum Gasteiger partial charge on any atom is -0.479 e. The first-order valence-corrected chi connectivity index (χ1v) is 7.93. The molecule has 0 spiro atoms. The van der Waals surface area contributed by atoms with Gasteiger partial charge in [0.15, 0.2) is 28.8 Å². The van der Waals surface area contributed by atoms with Crippen molar-refractivity contribution < 1.29 is 27.6 Å². The van der Waals surface area contributed by atoms with Crippen LogP contribution in [-0.2, 0) is 11.3 Å². The summed E-state index contributed by atoms with van der Waals surface area (Å²) < 4.78 is 42.5. The van der Waals surface area contributed by atoms with E-state index in [4.69, 9.17) is 14.0 Å². The van der Waals surface area contributed by atoms with Crippen LogP contribution in [-0.4, -0.2) is 42.3 Å². The molecular formula is C17H18F2N2O4. The summed E-state index contributed by atoms with van der Waals surface area (Å²) in [6.07, 6.45) is 1.77. The van der Waals surface area contributed by atoms with E-state index in [0.717, 1.165) is 25.0 Å². The predicted octanol–water partition coefficient (Wildman–Crippen LogP) is 2.78. The van der Waals surface area contributed by atoms with Crippen LogP contribution < -0.4 is 4.74 Å². The molecule has 1 aliphatic heterocycles. The van der Waals surface area contributed by atoms with Crippen LogP contribution in [0.2, 0.25) is 0 Å². The number of amides is 1. The molecule has 8 heteroatoms. The average Bonchev–Trinajstić information content (AvgIpc) is 3.09. The van der Waals surface area contributed by atoms with Crippen LogP contribution in [0.5, 0.6) is 5.75 Å². The molecule has 2 heterocycles. The van der Waals surface area contributed by atoms with E-state index in [1.54, 1.807) is 12.0 Å². The van der Waals surface area contributed by atoms with Gasteiger partial charge in [0.1, 0.15) is 6.61 Å². The molecule has 0 bridgehead atoms. The number of halogens is 2. The van der Waals surface area contributed by atoms with Gasteiger partial charge in [-0.1, -0.05) is 11.2 Å². The van der Waals surface area contributed by atoms with Gasteiger partial charge >= 0.3 is 0 Å². The predicted molar refractivity (Wildman–Crippen MR) is 83.1 cm³/mol. The summed E-state index contributed by atoms with van der Waals surface area (Å²) in [7, 11) is 1.62. The second kappa shape index (κ2) is 7.60. The van der Waals surface area contributed by atoms with Crippen molar-refractivity contribution in [2.45, 2.75) is 25.6 Å². The van der Waals surface area contributed by atoms with Gasteiger partial charge in [-0.3, -0.25) is 4.79 Å². The molecule has 1 aromatic carbocycles. The lowest BCUT2D eigenvalue weighted by Gasteiger charge is -2.31. The number of hydrogen-bond acceptors (Lipinski definition) is 5. The molecule has 0 N–H and O–H groups in total. The maximum Gasteiger partial charge on any atom is 0.276 e. The Morgan fingerprint density at radius 1 is 1.40 bits per heavy atom. The maximum atomic E-state index is 13.5. The van der Waals surface area contributed by atoms with Crippen molar-refractivity contribution in [3.8, 4) is 5.75 Å². The Kier molecular flexibility index (Phi) is 5.28. The number of ether oxygens (including phenoxy) is 2. The zero-order chi connectivity index (χ0) is 17.8. The van der Waals surface area contributed by atoms with Crippen LogP contribution in [0.3, 0.4) is 0 Å². The lowest BCUT2D eigenvalue weighted by atomic mass is 10.1. The minimum atomic E-state index is -0.810. The standard InChI is InChI=1S/C17H18F2N2O4/c1-23-11-4-3-7-21(9-11)17(22)15-8-12(25-20-15)10-24-16-13(18)5-2-6-14(16)19/h2,5-6,8,11H,3-4,7,9-10H2,1H3/t11-/m1/s1. The minimum absolute atomic E-state index is 0.0106. The van der Waals surface area contributed by atoms with Crippen molar-refractivity contribution in [2.75, 3.05) is 20.2 Å². The van der Waals surface area contributed by atoms with Gasteiger partial charge in [0, 0.05) is 26.3 Å². The Labute approximate surface area is 143 Å². The smallest absolute Gasteiger partial charge is 0.276 e. The molecule has 1 fully saturated rings. The number of para-hydroxylation sites is 1. The van der Waals surface area contributed by atoms with Gasteiger partial charge < -0.3 is 18.9 Å². The molecule has 1 atom stereocenters. The second-order valence-corrected chi connectivity index (χ2v) is 5.77. The summed E-state index contributed by atoms with van der Waals surface area (Å²) in [5.41, 5.74) is 0.129. The first kappa shape index (κ1) is 17.3. The number of likely N-dealkylation sites (tertiary alicyclic amines) is 1.